The number of hydrogen-bond donors (Lipinski definition) is 10. The Bertz CT molecular complexity index is 946. The van der Waals surface area contributed by atoms with Gasteiger partial charge in [0.15, 0.2) is 25.2 Å². The van der Waals surface area contributed by atoms with Crippen LogP contribution < -0.4 is 5.32 Å². The number of carbonyl (C=O) groups is 1. The fourth-order valence-electron chi connectivity index (χ4n) is 5.82. The number of amides is 1. The van der Waals surface area contributed by atoms with Crippen LogP contribution in [-0.2, 0) is 38.0 Å². The summed E-state index contributed by atoms with van der Waals surface area (Å²) >= 11 is 0. The summed E-state index contributed by atoms with van der Waals surface area (Å²) in [5, 5.41) is 96.5. The average Bonchev–Trinajstić information content (AvgIpc) is 2.96. The first-order chi connectivity index (χ1) is 20.6. The summed E-state index contributed by atoms with van der Waals surface area (Å²) in [4.78, 5) is 11.6. The molecule has 4 rings (SSSR count). The van der Waals surface area contributed by atoms with Crippen molar-refractivity contribution >= 4 is 5.91 Å². The number of ether oxygens (including phenoxy) is 7. The molecule has 0 radical (unpaired) electrons. The third kappa shape index (κ3) is 7.52. The summed E-state index contributed by atoms with van der Waals surface area (Å²) in [5.74, 6) is -0.378. The topological polar surface area (TPSA) is 276 Å². The molecule has 1 unspecified atom stereocenters. The minimum atomic E-state index is -1.83. The summed E-state index contributed by atoms with van der Waals surface area (Å²) in [5.41, 5.74) is 0. The zero-order valence-electron chi connectivity index (χ0n) is 24.7. The molecular weight excluding hydrogens is 598 g/mol. The average molecular weight is 644 g/mol. The Hall–Kier alpha value is -1.17. The van der Waals surface area contributed by atoms with Crippen molar-refractivity contribution in [1.29, 1.82) is 0 Å². The van der Waals surface area contributed by atoms with Crippen molar-refractivity contribution in [3.63, 3.8) is 0 Å². The van der Waals surface area contributed by atoms with Gasteiger partial charge in [-0.05, 0) is 20.8 Å². The van der Waals surface area contributed by atoms with Crippen LogP contribution in [-0.4, -0.2) is 175 Å². The van der Waals surface area contributed by atoms with E-state index in [0.29, 0.717) is 0 Å². The predicted molar refractivity (Wildman–Crippen MR) is 140 cm³/mol. The van der Waals surface area contributed by atoms with Crippen LogP contribution in [0.15, 0.2) is 0 Å². The van der Waals surface area contributed by atoms with Gasteiger partial charge in [-0.1, -0.05) is 0 Å². The van der Waals surface area contributed by atoms with Gasteiger partial charge in [-0.3, -0.25) is 4.79 Å². The Labute approximate surface area is 252 Å². The highest BCUT2D eigenvalue weighted by atomic mass is 16.8. The maximum Gasteiger partial charge on any atom is 0.217 e. The summed E-state index contributed by atoms with van der Waals surface area (Å²) in [7, 11) is 0. The minimum absolute atomic E-state index is 0.00284. The molecule has 10 N–H and O–H groups in total. The van der Waals surface area contributed by atoms with E-state index in [9.17, 15) is 50.8 Å². The molecule has 18 heteroatoms. The van der Waals surface area contributed by atoms with E-state index >= 15 is 0 Å². The molecule has 0 spiro atoms. The number of aliphatic hydroxyl groups excluding tert-OH is 9. The van der Waals surface area contributed by atoms with E-state index in [-0.39, 0.29) is 12.3 Å². The molecule has 0 bridgehead atoms. The second-order valence-electron chi connectivity index (χ2n) is 11.7. The molecule has 0 aliphatic carbocycles. The third-order valence-corrected chi connectivity index (χ3v) is 8.39. The SMILES string of the molecule is CC(=O)N[C@@H]1C[C@H](O[C@@H]2[C@@H](O)[C@H](O[C@H]3[C@H](O)[C@@H](O[C@@H]4O[C@H](CO)[C@@H](O)[C@H](O)[C@H]4O)C(O)O[C@@H]3C)O[C@H](C)[C@H]2O)O[C@H](C)[C@H]1O. The van der Waals surface area contributed by atoms with Gasteiger partial charge in [0, 0.05) is 13.3 Å². The highest BCUT2D eigenvalue weighted by Crippen LogP contribution is 2.34. The van der Waals surface area contributed by atoms with Crippen LogP contribution in [0.2, 0.25) is 0 Å². The number of aliphatic hydroxyl groups is 9. The number of carbonyl (C=O) groups excluding carboxylic acids is 1. The molecule has 19 atom stereocenters. The van der Waals surface area contributed by atoms with Crippen LogP contribution in [0.1, 0.15) is 34.1 Å². The van der Waals surface area contributed by atoms with Gasteiger partial charge >= 0.3 is 0 Å². The number of hydrogen-bond acceptors (Lipinski definition) is 17. The van der Waals surface area contributed by atoms with Crippen molar-refractivity contribution < 1.29 is 83.9 Å². The summed E-state index contributed by atoms with van der Waals surface area (Å²) in [6.07, 6.45) is -25.5. The summed E-state index contributed by atoms with van der Waals surface area (Å²) in [6, 6.07) is -0.720. The van der Waals surface area contributed by atoms with E-state index in [4.69, 9.17) is 33.2 Å². The van der Waals surface area contributed by atoms with Gasteiger partial charge in [-0.25, -0.2) is 0 Å². The Morgan fingerprint density at radius 1 is 0.659 bits per heavy atom. The summed E-state index contributed by atoms with van der Waals surface area (Å²) < 4.78 is 39.4. The third-order valence-electron chi connectivity index (χ3n) is 8.39. The van der Waals surface area contributed by atoms with Crippen molar-refractivity contribution in [3.05, 3.63) is 0 Å². The van der Waals surface area contributed by atoms with E-state index in [1.165, 1.54) is 20.8 Å². The highest BCUT2D eigenvalue weighted by molar-refractivity contribution is 5.73. The zero-order valence-corrected chi connectivity index (χ0v) is 24.7. The van der Waals surface area contributed by atoms with E-state index in [2.05, 4.69) is 5.32 Å². The highest BCUT2D eigenvalue weighted by Gasteiger charge is 2.53. The van der Waals surface area contributed by atoms with Crippen molar-refractivity contribution in [1.82, 2.24) is 5.32 Å². The van der Waals surface area contributed by atoms with Gasteiger partial charge in [0.2, 0.25) is 5.91 Å². The van der Waals surface area contributed by atoms with Crippen LogP contribution >= 0.6 is 0 Å². The second-order valence-corrected chi connectivity index (χ2v) is 11.7. The molecule has 44 heavy (non-hydrogen) atoms. The Balaban J connectivity index is 1.45. The molecule has 0 aromatic carbocycles. The van der Waals surface area contributed by atoms with Gasteiger partial charge in [0.1, 0.15) is 67.1 Å². The normalized spacial score (nSPS) is 52.0. The van der Waals surface area contributed by atoms with Crippen LogP contribution in [0.25, 0.3) is 0 Å². The van der Waals surface area contributed by atoms with E-state index in [1.807, 2.05) is 0 Å². The van der Waals surface area contributed by atoms with E-state index < -0.39 is 123 Å². The molecule has 256 valence electrons. The molecule has 4 aliphatic rings. The Morgan fingerprint density at radius 3 is 1.91 bits per heavy atom. The summed E-state index contributed by atoms with van der Waals surface area (Å²) in [6.45, 7) is 5.07. The standard InChI is InChI=1S/C26H45NO17/c1-7-14(30)11(27-10(4)29)5-13(38-7)42-22-15(31)8(2)40-26(20(22)36)43-21-9(3)39-24(37)23(19(21)35)44-25-18(34)17(33)16(32)12(6-28)41-25/h7-9,11-26,28,30-37H,5-6H2,1-4H3,(H,27,29)/t7-,8-,9-,11-,12-,13+,14-,15-,16-,17+,18-,19+,20-,21-,22+,23-,24?,25+,26+/m1/s1. The fourth-order valence-corrected chi connectivity index (χ4v) is 5.82. The van der Waals surface area contributed by atoms with Crippen molar-refractivity contribution in [2.75, 3.05) is 6.61 Å². The Morgan fingerprint density at radius 2 is 1.27 bits per heavy atom. The molecule has 0 saturated carbocycles. The lowest BCUT2D eigenvalue weighted by Gasteiger charge is -2.48. The molecule has 0 aromatic rings. The van der Waals surface area contributed by atoms with Crippen LogP contribution in [0.3, 0.4) is 0 Å². The van der Waals surface area contributed by atoms with Gasteiger partial charge in [-0.15, -0.1) is 0 Å². The zero-order chi connectivity index (χ0) is 32.6. The molecule has 4 fully saturated rings. The molecule has 4 aliphatic heterocycles. The molecule has 1 amide bonds. The van der Waals surface area contributed by atoms with Gasteiger partial charge in [0.25, 0.3) is 0 Å². The minimum Gasteiger partial charge on any atom is -0.394 e. The van der Waals surface area contributed by atoms with E-state index in [1.54, 1.807) is 6.92 Å². The fraction of sp³-hybridized carbons (Fsp3) is 0.962. The number of nitrogens with one attached hydrogen (secondary N) is 1. The first-order valence-electron chi connectivity index (χ1n) is 14.5. The van der Waals surface area contributed by atoms with Crippen molar-refractivity contribution in [3.8, 4) is 0 Å². The second kappa shape index (κ2) is 14.7. The molecule has 18 nitrogen and oxygen atoms in total. The monoisotopic (exact) mass is 643 g/mol. The van der Waals surface area contributed by atoms with Crippen LogP contribution in [0.5, 0.6) is 0 Å². The van der Waals surface area contributed by atoms with Crippen LogP contribution in [0.4, 0.5) is 0 Å². The molecule has 4 saturated heterocycles. The van der Waals surface area contributed by atoms with Crippen molar-refractivity contribution in [2.24, 2.45) is 0 Å². The predicted octanol–water partition coefficient (Wildman–Crippen LogP) is -5.49. The van der Waals surface area contributed by atoms with Crippen LogP contribution in [0, 0.1) is 0 Å². The first-order valence-corrected chi connectivity index (χ1v) is 14.5. The number of rotatable bonds is 8. The maximum atomic E-state index is 11.6. The Kier molecular flexibility index (Phi) is 11.9. The largest absolute Gasteiger partial charge is 0.394 e. The smallest absolute Gasteiger partial charge is 0.217 e. The first kappa shape index (κ1) is 35.7. The quantitative estimate of drug-likeness (QED) is 0.118. The lowest BCUT2D eigenvalue weighted by Crippen LogP contribution is -2.66. The maximum absolute atomic E-state index is 11.6. The molecular formula is C26H45NO17. The van der Waals surface area contributed by atoms with Crippen molar-refractivity contribution in [2.45, 2.75) is 151 Å². The van der Waals surface area contributed by atoms with Gasteiger partial charge < -0.3 is 84.4 Å². The van der Waals surface area contributed by atoms with Gasteiger partial charge in [0.05, 0.1) is 31.0 Å². The molecule has 4 heterocycles. The van der Waals surface area contributed by atoms with E-state index in [0.717, 1.165) is 0 Å². The molecule has 0 aromatic heterocycles. The lowest BCUT2D eigenvalue weighted by molar-refractivity contribution is -0.383. The lowest BCUT2D eigenvalue weighted by atomic mass is 9.96. The van der Waals surface area contributed by atoms with Gasteiger partial charge in [-0.2, -0.15) is 0 Å².